The maximum absolute atomic E-state index is 14.0. The van der Waals surface area contributed by atoms with Crippen LogP contribution in [0.3, 0.4) is 0 Å². The van der Waals surface area contributed by atoms with Crippen LogP contribution in [0.2, 0.25) is 0 Å². The van der Waals surface area contributed by atoms with E-state index in [-0.39, 0.29) is 16.9 Å². The molecule has 1 atom stereocenters. The van der Waals surface area contributed by atoms with Crippen LogP contribution in [0.5, 0.6) is 0 Å². The van der Waals surface area contributed by atoms with Crippen molar-refractivity contribution in [1.29, 1.82) is 5.26 Å². The van der Waals surface area contributed by atoms with Gasteiger partial charge in [0.05, 0.1) is 11.3 Å². The van der Waals surface area contributed by atoms with Gasteiger partial charge in [0.2, 0.25) is 10.0 Å². The predicted octanol–water partition coefficient (Wildman–Crippen LogP) is 2.52. The van der Waals surface area contributed by atoms with E-state index in [0.717, 1.165) is 16.8 Å². The lowest BCUT2D eigenvalue weighted by atomic mass is 10.2. The van der Waals surface area contributed by atoms with Crippen molar-refractivity contribution < 1.29 is 30.8 Å². The predicted molar refractivity (Wildman–Crippen MR) is 90.3 cm³/mol. The summed E-state index contributed by atoms with van der Waals surface area (Å²) in [6.45, 7) is 0.638. The Labute approximate surface area is 157 Å². The second-order valence-electron chi connectivity index (χ2n) is 5.79. The average molecular weight is 418 g/mol. The molecule has 0 radical (unpaired) electrons. The molecule has 0 aliphatic heterocycles. The molecule has 28 heavy (non-hydrogen) atoms. The highest BCUT2D eigenvalue weighted by atomic mass is 32.2. The zero-order valence-corrected chi connectivity index (χ0v) is 15.3. The molecule has 0 saturated heterocycles. The van der Waals surface area contributed by atoms with Gasteiger partial charge in [-0.1, -0.05) is 6.07 Å². The molecular formula is C16H14F4N4O3S. The summed E-state index contributed by atoms with van der Waals surface area (Å²) < 4.78 is 78.6. The summed E-state index contributed by atoms with van der Waals surface area (Å²) in [6, 6.07) is 3.85. The third kappa shape index (κ3) is 4.49. The standard InChI is InChI=1S/C16H14F4N4O3S/c1-9(16(18,19)20)23-28(26,27)11-6-13(24(2)8-11)15(25)22-12-5-3-4-10(7-21)14(12)17/h3-6,8-9,23H,1-2H3,(H,22,25)/t9-/m1/s1. The van der Waals surface area contributed by atoms with Crippen LogP contribution in [0.15, 0.2) is 35.4 Å². The molecule has 1 heterocycles. The maximum Gasteiger partial charge on any atom is 0.404 e. The molecular weight excluding hydrogens is 404 g/mol. The van der Waals surface area contributed by atoms with Crippen molar-refractivity contribution in [3.05, 3.63) is 47.5 Å². The molecule has 0 saturated carbocycles. The van der Waals surface area contributed by atoms with Gasteiger partial charge in [0.15, 0.2) is 5.82 Å². The number of aromatic nitrogens is 1. The number of anilines is 1. The summed E-state index contributed by atoms with van der Waals surface area (Å²) in [5.74, 6) is -1.89. The summed E-state index contributed by atoms with van der Waals surface area (Å²) in [5.41, 5.74) is -0.862. The van der Waals surface area contributed by atoms with Gasteiger partial charge in [-0.2, -0.15) is 23.2 Å². The number of amides is 1. The lowest BCUT2D eigenvalue weighted by Crippen LogP contribution is -2.42. The van der Waals surface area contributed by atoms with Gasteiger partial charge in [0.1, 0.15) is 22.7 Å². The summed E-state index contributed by atoms with van der Waals surface area (Å²) in [4.78, 5) is 11.8. The quantitative estimate of drug-likeness (QED) is 0.728. The number of alkyl halides is 3. The normalized spacial score (nSPS) is 13.0. The number of hydrogen-bond donors (Lipinski definition) is 2. The SMILES string of the molecule is C[C@@H](NS(=O)(=O)c1cc(C(=O)Nc2cccc(C#N)c2F)n(C)c1)C(F)(F)F. The fourth-order valence-electron chi connectivity index (χ4n) is 2.18. The fraction of sp³-hybridized carbons (Fsp3) is 0.250. The number of hydrogen-bond acceptors (Lipinski definition) is 4. The van der Waals surface area contributed by atoms with Crippen molar-refractivity contribution in [3.8, 4) is 6.07 Å². The van der Waals surface area contributed by atoms with Gasteiger partial charge in [-0.15, -0.1) is 0 Å². The van der Waals surface area contributed by atoms with Crippen molar-refractivity contribution in [3.63, 3.8) is 0 Å². The number of aryl methyl sites for hydroxylation is 1. The van der Waals surface area contributed by atoms with E-state index < -0.39 is 38.9 Å². The Morgan fingerprint density at radius 1 is 1.32 bits per heavy atom. The number of rotatable bonds is 5. The maximum atomic E-state index is 14.0. The Morgan fingerprint density at radius 3 is 2.54 bits per heavy atom. The Hall–Kier alpha value is -2.91. The van der Waals surface area contributed by atoms with Crippen LogP contribution in [0.4, 0.5) is 23.2 Å². The number of carbonyl (C=O) groups is 1. The van der Waals surface area contributed by atoms with E-state index in [0.29, 0.717) is 6.92 Å². The minimum absolute atomic E-state index is 0.248. The number of benzene rings is 1. The van der Waals surface area contributed by atoms with E-state index in [1.165, 1.54) is 30.0 Å². The van der Waals surface area contributed by atoms with E-state index >= 15 is 0 Å². The smallest absolute Gasteiger partial charge is 0.345 e. The van der Waals surface area contributed by atoms with E-state index in [2.05, 4.69) is 5.32 Å². The van der Waals surface area contributed by atoms with Gasteiger partial charge in [-0.05, 0) is 25.1 Å². The van der Waals surface area contributed by atoms with Gasteiger partial charge < -0.3 is 9.88 Å². The first-order chi connectivity index (χ1) is 12.9. The fourth-order valence-corrected chi connectivity index (χ4v) is 3.47. The summed E-state index contributed by atoms with van der Waals surface area (Å²) >= 11 is 0. The van der Waals surface area contributed by atoms with E-state index in [4.69, 9.17) is 5.26 Å². The molecule has 2 N–H and O–H groups in total. The molecule has 1 amide bonds. The lowest BCUT2D eigenvalue weighted by Gasteiger charge is -2.16. The minimum Gasteiger partial charge on any atom is -0.345 e. The number of nitriles is 1. The van der Waals surface area contributed by atoms with Gasteiger partial charge >= 0.3 is 6.18 Å². The molecule has 150 valence electrons. The summed E-state index contributed by atoms with van der Waals surface area (Å²) in [6.07, 6.45) is -3.84. The van der Waals surface area contributed by atoms with Crippen molar-refractivity contribution in [1.82, 2.24) is 9.29 Å². The molecule has 1 aromatic heterocycles. The van der Waals surface area contributed by atoms with Gasteiger partial charge in [0.25, 0.3) is 5.91 Å². The molecule has 7 nitrogen and oxygen atoms in total. The Kier molecular flexibility index (Phi) is 5.81. The highest BCUT2D eigenvalue weighted by Crippen LogP contribution is 2.23. The molecule has 0 bridgehead atoms. The second-order valence-corrected chi connectivity index (χ2v) is 7.50. The van der Waals surface area contributed by atoms with Gasteiger partial charge in [0, 0.05) is 13.2 Å². The Balaban J connectivity index is 2.29. The number of sulfonamides is 1. The van der Waals surface area contributed by atoms with Crippen molar-refractivity contribution in [2.45, 2.75) is 24.0 Å². The van der Waals surface area contributed by atoms with Crippen molar-refractivity contribution in [2.24, 2.45) is 7.05 Å². The highest BCUT2D eigenvalue weighted by molar-refractivity contribution is 7.89. The monoisotopic (exact) mass is 418 g/mol. The number of halogens is 4. The van der Waals surface area contributed by atoms with Crippen LogP contribution in [0, 0.1) is 17.1 Å². The first-order valence-electron chi connectivity index (χ1n) is 7.62. The van der Waals surface area contributed by atoms with E-state index in [1.807, 2.05) is 0 Å². The number of carbonyl (C=O) groups excluding carboxylic acids is 1. The molecule has 2 rings (SSSR count). The molecule has 0 spiro atoms. The van der Waals surface area contributed by atoms with Crippen LogP contribution >= 0.6 is 0 Å². The van der Waals surface area contributed by atoms with Gasteiger partial charge in [-0.25, -0.2) is 12.8 Å². The number of nitrogens with one attached hydrogen (secondary N) is 2. The molecule has 2 aromatic rings. The van der Waals surface area contributed by atoms with Gasteiger partial charge in [-0.3, -0.25) is 4.79 Å². The Bertz CT molecular complexity index is 1050. The zero-order chi connectivity index (χ0) is 21.3. The highest BCUT2D eigenvalue weighted by Gasteiger charge is 2.39. The summed E-state index contributed by atoms with van der Waals surface area (Å²) in [5, 5.41) is 11.0. The summed E-state index contributed by atoms with van der Waals surface area (Å²) in [7, 11) is -3.26. The van der Waals surface area contributed by atoms with Crippen LogP contribution < -0.4 is 10.0 Å². The lowest BCUT2D eigenvalue weighted by molar-refractivity contribution is -0.147. The topological polar surface area (TPSA) is 104 Å². The molecule has 0 unspecified atom stereocenters. The Morgan fingerprint density at radius 2 is 1.96 bits per heavy atom. The average Bonchev–Trinajstić information content (AvgIpc) is 2.98. The van der Waals surface area contributed by atoms with Crippen LogP contribution in [-0.2, 0) is 17.1 Å². The van der Waals surface area contributed by atoms with E-state index in [9.17, 15) is 30.8 Å². The van der Waals surface area contributed by atoms with Crippen LogP contribution in [0.25, 0.3) is 0 Å². The zero-order valence-electron chi connectivity index (χ0n) is 14.5. The third-order valence-electron chi connectivity index (χ3n) is 3.71. The van der Waals surface area contributed by atoms with Crippen LogP contribution in [0.1, 0.15) is 23.0 Å². The third-order valence-corrected chi connectivity index (χ3v) is 5.22. The molecule has 0 aliphatic rings. The second kappa shape index (κ2) is 7.61. The number of nitrogens with zero attached hydrogens (tertiary/aromatic N) is 2. The molecule has 1 aromatic carbocycles. The largest absolute Gasteiger partial charge is 0.404 e. The van der Waals surface area contributed by atoms with E-state index in [1.54, 1.807) is 6.07 Å². The first kappa shape index (κ1) is 21.4. The molecule has 0 fully saturated rings. The van der Waals surface area contributed by atoms with Crippen LogP contribution in [-0.4, -0.2) is 31.1 Å². The molecule has 0 aliphatic carbocycles. The first-order valence-corrected chi connectivity index (χ1v) is 9.10. The van der Waals surface area contributed by atoms with Crippen molar-refractivity contribution in [2.75, 3.05) is 5.32 Å². The molecule has 12 heteroatoms. The minimum atomic E-state index is -4.79. The van der Waals surface area contributed by atoms with Crippen molar-refractivity contribution >= 4 is 21.6 Å².